The first-order valence-corrected chi connectivity index (χ1v) is 9.66. The van der Waals surface area contributed by atoms with Crippen molar-refractivity contribution in [2.45, 2.75) is 26.7 Å². The highest BCUT2D eigenvalue weighted by molar-refractivity contribution is 7.80. The Morgan fingerprint density at radius 3 is 2.34 bits per heavy atom. The van der Waals surface area contributed by atoms with Crippen molar-refractivity contribution >= 4 is 29.1 Å². The number of hydrazine groups is 1. The largest absolute Gasteiger partial charge is 0.494 e. The third-order valence-corrected chi connectivity index (χ3v) is 4.07. The van der Waals surface area contributed by atoms with Crippen LogP contribution in [0.25, 0.3) is 0 Å². The van der Waals surface area contributed by atoms with Gasteiger partial charge in [0.25, 0.3) is 11.8 Å². The zero-order valence-electron chi connectivity index (χ0n) is 16.7. The summed E-state index contributed by atoms with van der Waals surface area (Å²) in [5.74, 6) is 0.779. The van der Waals surface area contributed by atoms with E-state index in [9.17, 15) is 9.59 Å². The molecule has 2 aromatic rings. The summed E-state index contributed by atoms with van der Waals surface area (Å²) in [6.45, 7) is 6.34. The predicted octanol–water partition coefficient (Wildman–Crippen LogP) is 2.92. The van der Waals surface area contributed by atoms with Crippen LogP contribution in [0.2, 0.25) is 0 Å². The number of nitrogens with one attached hydrogen (secondary N) is 3. The van der Waals surface area contributed by atoms with Crippen LogP contribution in [0.3, 0.4) is 0 Å². The van der Waals surface area contributed by atoms with Crippen LogP contribution < -0.4 is 25.6 Å². The fraction of sp³-hybridized carbons (Fsp3) is 0.286. The van der Waals surface area contributed by atoms with Gasteiger partial charge in [0.2, 0.25) is 0 Å². The SMILES string of the molecule is CCOc1ccc(C(=O)NC(=S)NNC(=O)COc2ccccc2C(C)C)cc1. The van der Waals surface area contributed by atoms with E-state index in [0.717, 1.165) is 5.56 Å². The molecule has 0 aliphatic heterocycles. The maximum absolute atomic E-state index is 12.2. The van der Waals surface area contributed by atoms with Gasteiger partial charge in [-0.15, -0.1) is 0 Å². The van der Waals surface area contributed by atoms with Crippen molar-refractivity contribution in [3.05, 3.63) is 59.7 Å². The Hall–Kier alpha value is -3.13. The van der Waals surface area contributed by atoms with Crippen LogP contribution in [0.5, 0.6) is 11.5 Å². The van der Waals surface area contributed by atoms with E-state index in [2.05, 4.69) is 30.0 Å². The maximum atomic E-state index is 12.2. The predicted molar refractivity (Wildman–Crippen MR) is 115 cm³/mol. The van der Waals surface area contributed by atoms with Crippen LogP contribution in [0.1, 0.15) is 42.6 Å². The number of benzene rings is 2. The Morgan fingerprint density at radius 2 is 1.69 bits per heavy atom. The van der Waals surface area contributed by atoms with E-state index >= 15 is 0 Å². The summed E-state index contributed by atoms with van der Waals surface area (Å²) in [6, 6.07) is 14.2. The smallest absolute Gasteiger partial charge is 0.276 e. The Labute approximate surface area is 175 Å². The van der Waals surface area contributed by atoms with Gasteiger partial charge in [-0.1, -0.05) is 32.0 Å². The van der Waals surface area contributed by atoms with E-state index in [4.69, 9.17) is 21.7 Å². The maximum Gasteiger partial charge on any atom is 0.276 e. The van der Waals surface area contributed by atoms with Crippen LogP contribution in [-0.4, -0.2) is 30.1 Å². The molecule has 0 atom stereocenters. The first-order chi connectivity index (χ1) is 13.9. The summed E-state index contributed by atoms with van der Waals surface area (Å²) < 4.78 is 10.9. The van der Waals surface area contributed by atoms with Crippen molar-refractivity contribution in [2.75, 3.05) is 13.2 Å². The average Bonchev–Trinajstić information content (AvgIpc) is 2.71. The molecule has 0 fully saturated rings. The summed E-state index contributed by atoms with van der Waals surface area (Å²) in [5.41, 5.74) is 6.31. The molecule has 3 N–H and O–H groups in total. The number of para-hydroxylation sites is 1. The van der Waals surface area contributed by atoms with Crippen molar-refractivity contribution in [1.82, 2.24) is 16.2 Å². The zero-order valence-corrected chi connectivity index (χ0v) is 17.5. The molecule has 29 heavy (non-hydrogen) atoms. The first-order valence-electron chi connectivity index (χ1n) is 9.25. The molecule has 0 aliphatic carbocycles. The third-order valence-electron chi connectivity index (χ3n) is 3.87. The summed E-state index contributed by atoms with van der Waals surface area (Å²) in [4.78, 5) is 24.1. The molecule has 2 amide bonds. The van der Waals surface area contributed by atoms with Gasteiger partial charge < -0.3 is 9.47 Å². The van der Waals surface area contributed by atoms with Crippen LogP contribution in [0.4, 0.5) is 0 Å². The van der Waals surface area contributed by atoms with Gasteiger partial charge in [0, 0.05) is 5.56 Å². The lowest BCUT2D eigenvalue weighted by molar-refractivity contribution is -0.123. The molecule has 7 nitrogen and oxygen atoms in total. The molecule has 0 unspecified atom stereocenters. The minimum atomic E-state index is -0.429. The van der Waals surface area contributed by atoms with Gasteiger partial charge in [-0.25, -0.2) is 0 Å². The summed E-state index contributed by atoms with van der Waals surface area (Å²) in [5, 5.41) is 2.46. The quantitative estimate of drug-likeness (QED) is 0.476. The minimum absolute atomic E-state index is 0.0279. The molecule has 8 heteroatoms. The molecule has 0 saturated heterocycles. The normalized spacial score (nSPS) is 10.2. The molecule has 2 rings (SSSR count). The number of carbonyl (C=O) groups is 2. The molecule has 0 spiro atoms. The molecule has 2 aromatic carbocycles. The van der Waals surface area contributed by atoms with Crippen molar-refractivity contribution in [3.63, 3.8) is 0 Å². The van der Waals surface area contributed by atoms with Crippen molar-refractivity contribution in [2.24, 2.45) is 0 Å². The second kappa shape index (κ2) is 11.0. The Balaban J connectivity index is 1.77. The van der Waals surface area contributed by atoms with E-state index in [1.165, 1.54) is 0 Å². The lowest BCUT2D eigenvalue weighted by atomic mass is 10.0. The monoisotopic (exact) mass is 415 g/mol. The van der Waals surface area contributed by atoms with E-state index in [-0.39, 0.29) is 17.6 Å². The van der Waals surface area contributed by atoms with Gasteiger partial charge in [-0.3, -0.25) is 25.8 Å². The molecule has 154 valence electrons. The topological polar surface area (TPSA) is 88.7 Å². The van der Waals surface area contributed by atoms with E-state index < -0.39 is 11.8 Å². The molecule has 0 radical (unpaired) electrons. The van der Waals surface area contributed by atoms with Crippen LogP contribution >= 0.6 is 12.2 Å². The number of rotatable bonds is 7. The van der Waals surface area contributed by atoms with Crippen molar-refractivity contribution in [3.8, 4) is 11.5 Å². The molecule has 0 bridgehead atoms. The van der Waals surface area contributed by atoms with Gasteiger partial charge in [0.05, 0.1) is 6.61 Å². The summed E-state index contributed by atoms with van der Waals surface area (Å²) >= 11 is 5.03. The highest BCUT2D eigenvalue weighted by Crippen LogP contribution is 2.25. The van der Waals surface area contributed by atoms with Gasteiger partial charge in [0.15, 0.2) is 11.7 Å². The highest BCUT2D eigenvalue weighted by atomic mass is 32.1. The lowest BCUT2D eigenvalue weighted by Gasteiger charge is -2.14. The first kappa shape index (κ1) is 22.2. The molecule has 0 saturated carbocycles. The van der Waals surface area contributed by atoms with Crippen molar-refractivity contribution in [1.29, 1.82) is 0 Å². The molecule has 0 heterocycles. The number of amides is 2. The standard InChI is InChI=1S/C21H25N3O4S/c1-4-27-16-11-9-15(10-12-16)20(26)22-21(29)24-23-19(25)13-28-18-8-6-5-7-17(18)14(2)3/h5-12,14H,4,13H2,1-3H3,(H,23,25)(H2,22,24,26,29). The van der Waals surface area contributed by atoms with Crippen LogP contribution in [0, 0.1) is 0 Å². The molecule has 0 aliphatic rings. The fourth-order valence-electron chi connectivity index (χ4n) is 2.47. The Kier molecular flexibility index (Phi) is 8.42. The Bertz CT molecular complexity index is 853. The fourth-order valence-corrected chi connectivity index (χ4v) is 2.61. The Morgan fingerprint density at radius 1 is 1.00 bits per heavy atom. The minimum Gasteiger partial charge on any atom is -0.494 e. The number of hydrogen-bond donors (Lipinski definition) is 3. The number of hydrogen-bond acceptors (Lipinski definition) is 5. The van der Waals surface area contributed by atoms with Gasteiger partial charge in [0.1, 0.15) is 11.5 Å². The summed E-state index contributed by atoms with van der Waals surface area (Å²) in [6.07, 6.45) is 0. The van der Waals surface area contributed by atoms with E-state index in [1.54, 1.807) is 24.3 Å². The van der Waals surface area contributed by atoms with E-state index in [0.29, 0.717) is 23.7 Å². The zero-order chi connectivity index (χ0) is 21.2. The van der Waals surface area contributed by atoms with Crippen molar-refractivity contribution < 1.29 is 19.1 Å². The second-order valence-electron chi connectivity index (χ2n) is 6.40. The van der Waals surface area contributed by atoms with Crippen LogP contribution in [-0.2, 0) is 4.79 Å². The second-order valence-corrected chi connectivity index (χ2v) is 6.80. The van der Waals surface area contributed by atoms with Gasteiger partial charge in [-0.05, 0) is 61.0 Å². The van der Waals surface area contributed by atoms with Crippen LogP contribution in [0.15, 0.2) is 48.5 Å². The molecular formula is C21H25N3O4S. The highest BCUT2D eigenvalue weighted by Gasteiger charge is 2.11. The van der Waals surface area contributed by atoms with E-state index in [1.807, 2.05) is 31.2 Å². The average molecular weight is 416 g/mol. The van der Waals surface area contributed by atoms with Gasteiger partial charge >= 0.3 is 0 Å². The number of ether oxygens (including phenoxy) is 2. The molecule has 0 aromatic heterocycles. The third kappa shape index (κ3) is 7.08. The van der Waals surface area contributed by atoms with Gasteiger partial charge in [-0.2, -0.15) is 0 Å². The number of thiocarbonyl (C=S) groups is 1. The number of carbonyl (C=O) groups excluding carboxylic acids is 2. The summed E-state index contributed by atoms with van der Waals surface area (Å²) in [7, 11) is 0. The molecular weight excluding hydrogens is 390 g/mol. The lowest BCUT2D eigenvalue weighted by Crippen LogP contribution is -2.49.